The molecule has 1 saturated heterocycles. The van der Waals surface area contributed by atoms with E-state index in [-0.39, 0.29) is 12.1 Å². The number of nitrogens with one attached hydrogen (secondary N) is 2. The molecule has 158 valence electrons. The van der Waals surface area contributed by atoms with E-state index in [9.17, 15) is 4.79 Å². The summed E-state index contributed by atoms with van der Waals surface area (Å²) in [7, 11) is 0. The van der Waals surface area contributed by atoms with Gasteiger partial charge in [0.05, 0.1) is 0 Å². The average Bonchev–Trinajstić information content (AvgIpc) is 3.14. The number of nitrogens with zero attached hydrogens (tertiary/aromatic N) is 5. The maximum absolute atomic E-state index is 12.3. The third kappa shape index (κ3) is 8.14. The summed E-state index contributed by atoms with van der Waals surface area (Å²) in [4.78, 5) is 18.8. The van der Waals surface area contributed by atoms with Crippen LogP contribution in [0.5, 0.6) is 0 Å². The second-order valence-corrected chi connectivity index (χ2v) is 8.08. The summed E-state index contributed by atoms with van der Waals surface area (Å²) in [6, 6.07) is 0.177. The Morgan fingerprint density at radius 2 is 2.04 bits per heavy atom. The lowest BCUT2D eigenvalue weighted by molar-refractivity contribution is 0.0193. The van der Waals surface area contributed by atoms with Gasteiger partial charge in [-0.05, 0) is 53.4 Å². The zero-order valence-corrected chi connectivity index (χ0v) is 17.6. The molecule has 2 N–H and O–H groups in total. The molecule has 0 bridgehead atoms. The van der Waals surface area contributed by atoms with Crippen LogP contribution in [0.3, 0.4) is 0 Å². The fourth-order valence-electron chi connectivity index (χ4n) is 3.04. The van der Waals surface area contributed by atoms with Crippen LogP contribution >= 0.6 is 0 Å². The predicted octanol–water partition coefficient (Wildman–Crippen LogP) is 2.01. The molecule has 0 aromatic carbocycles. The highest BCUT2D eigenvalue weighted by molar-refractivity contribution is 5.80. The van der Waals surface area contributed by atoms with Gasteiger partial charge in [0.1, 0.15) is 18.3 Å². The number of guanidine groups is 1. The van der Waals surface area contributed by atoms with Gasteiger partial charge in [0.25, 0.3) is 0 Å². The monoisotopic (exact) mass is 393 g/mol. The van der Waals surface area contributed by atoms with Gasteiger partial charge in [-0.2, -0.15) is 0 Å². The highest BCUT2D eigenvalue weighted by Gasteiger charge is 2.27. The molecule has 1 aromatic rings. The van der Waals surface area contributed by atoms with Crippen LogP contribution in [0.4, 0.5) is 4.79 Å². The summed E-state index contributed by atoms with van der Waals surface area (Å²) < 4.78 is 7.48. The molecule has 1 aliphatic rings. The summed E-state index contributed by atoms with van der Waals surface area (Å²) in [5, 5.41) is 14.4. The molecule has 28 heavy (non-hydrogen) atoms. The van der Waals surface area contributed by atoms with Crippen molar-refractivity contribution in [2.45, 2.75) is 71.6 Å². The molecule has 1 fully saturated rings. The van der Waals surface area contributed by atoms with E-state index >= 15 is 0 Å². The molecular weight excluding hydrogens is 358 g/mol. The standard InChI is InChI=1S/C19H35N7O2/c1-5-20-17(21-10-6-7-11-25-14-22-23-15-25)24-16-9-8-12-26(13-16)18(27)28-19(2,3)4/h14-16H,5-13H2,1-4H3,(H2,20,21,24). The fourth-order valence-corrected chi connectivity index (χ4v) is 3.04. The molecule has 1 amide bonds. The van der Waals surface area contributed by atoms with E-state index in [0.717, 1.165) is 57.8 Å². The summed E-state index contributed by atoms with van der Waals surface area (Å²) in [5.41, 5.74) is -0.472. The highest BCUT2D eigenvalue weighted by Crippen LogP contribution is 2.15. The van der Waals surface area contributed by atoms with Crippen LogP contribution in [-0.2, 0) is 11.3 Å². The van der Waals surface area contributed by atoms with Crippen molar-refractivity contribution < 1.29 is 9.53 Å². The summed E-state index contributed by atoms with van der Waals surface area (Å²) in [6.45, 7) is 11.6. The third-order valence-corrected chi connectivity index (χ3v) is 4.32. The topological polar surface area (TPSA) is 96.7 Å². The van der Waals surface area contributed by atoms with Crippen molar-refractivity contribution in [1.29, 1.82) is 0 Å². The Bertz CT molecular complexity index is 610. The first-order chi connectivity index (χ1) is 13.4. The minimum atomic E-state index is -0.472. The Labute approximate surface area is 167 Å². The lowest BCUT2D eigenvalue weighted by Crippen LogP contribution is -2.53. The SMILES string of the molecule is CCNC(=NCCCCn1cnnc1)NC1CCCN(C(=O)OC(C)(C)C)C1. The highest BCUT2D eigenvalue weighted by atomic mass is 16.6. The van der Waals surface area contributed by atoms with E-state index in [2.05, 4.69) is 32.7 Å². The molecule has 0 radical (unpaired) electrons. The van der Waals surface area contributed by atoms with Gasteiger partial charge in [0.2, 0.25) is 0 Å². The second-order valence-electron chi connectivity index (χ2n) is 8.08. The van der Waals surface area contributed by atoms with E-state index in [1.165, 1.54) is 0 Å². The van der Waals surface area contributed by atoms with Crippen molar-refractivity contribution >= 4 is 12.1 Å². The number of unbranched alkanes of at least 4 members (excludes halogenated alkanes) is 1. The first-order valence-corrected chi connectivity index (χ1v) is 10.2. The van der Waals surface area contributed by atoms with Gasteiger partial charge in [-0.3, -0.25) is 4.99 Å². The Balaban J connectivity index is 1.78. The van der Waals surface area contributed by atoms with E-state index in [0.29, 0.717) is 6.54 Å². The van der Waals surface area contributed by atoms with Crippen LogP contribution in [0, 0.1) is 0 Å². The van der Waals surface area contributed by atoms with Crippen molar-refractivity contribution in [2.24, 2.45) is 4.99 Å². The number of aryl methyl sites for hydroxylation is 1. The summed E-state index contributed by atoms with van der Waals surface area (Å²) in [5.74, 6) is 0.808. The maximum atomic E-state index is 12.3. The molecule has 1 unspecified atom stereocenters. The molecule has 2 rings (SSSR count). The number of hydrogen-bond acceptors (Lipinski definition) is 5. The van der Waals surface area contributed by atoms with Crippen LogP contribution in [0.1, 0.15) is 53.4 Å². The van der Waals surface area contributed by atoms with Gasteiger partial charge in [0.15, 0.2) is 5.96 Å². The first kappa shape index (κ1) is 22.0. The number of carbonyl (C=O) groups is 1. The molecule has 0 spiro atoms. The van der Waals surface area contributed by atoms with Crippen molar-refractivity contribution in [1.82, 2.24) is 30.3 Å². The number of amides is 1. The number of aromatic nitrogens is 3. The van der Waals surface area contributed by atoms with Crippen LogP contribution < -0.4 is 10.6 Å². The first-order valence-electron chi connectivity index (χ1n) is 10.2. The summed E-state index contributed by atoms with van der Waals surface area (Å²) in [6.07, 6.45) is 7.20. The van der Waals surface area contributed by atoms with Gasteiger partial charge >= 0.3 is 6.09 Å². The average molecular weight is 394 g/mol. The van der Waals surface area contributed by atoms with Crippen LogP contribution in [0.25, 0.3) is 0 Å². The molecule has 1 atom stereocenters. The largest absolute Gasteiger partial charge is 0.444 e. The summed E-state index contributed by atoms with van der Waals surface area (Å²) >= 11 is 0. The number of aliphatic imine (C=N–C) groups is 1. The van der Waals surface area contributed by atoms with E-state index in [4.69, 9.17) is 4.74 Å². The van der Waals surface area contributed by atoms with Gasteiger partial charge in [0, 0.05) is 38.8 Å². The van der Waals surface area contributed by atoms with Gasteiger partial charge in [-0.15, -0.1) is 10.2 Å². The number of likely N-dealkylation sites (tertiary alicyclic amines) is 1. The Morgan fingerprint density at radius 3 is 2.71 bits per heavy atom. The molecule has 2 heterocycles. The Kier molecular flexibility index (Phi) is 8.53. The minimum Gasteiger partial charge on any atom is -0.444 e. The number of ether oxygens (including phenoxy) is 1. The Morgan fingerprint density at radius 1 is 1.29 bits per heavy atom. The second kappa shape index (κ2) is 10.9. The quantitative estimate of drug-likeness (QED) is 0.418. The van der Waals surface area contributed by atoms with Crippen molar-refractivity contribution in [3.63, 3.8) is 0 Å². The zero-order chi connectivity index (χ0) is 20.4. The molecule has 9 nitrogen and oxygen atoms in total. The third-order valence-electron chi connectivity index (χ3n) is 4.32. The number of hydrogen-bond donors (Lipinski definition) is 2. The smallest absolute Gasteiger partial charge is 0.410 e. The Hall–Kier alpha value is -2.32. The van der Waals surface area contributed by atoms with Gasteiger partial charge in [-0.25, -0.2) is 4.79 Å². The molecule has 0 saturated carbocycles. The van der Waals surface area contributed by atoms with Crippen molar-refractivity contribution in [2.75, 3.05) is 26.2 Å². The van der Waals surface area contributed by atoms with E-state index < -0.39 is 5.60 Å². The van der Waals surface area contributed by atoms with E-state index in [1.807, 2.05) is 25.3 Å². The van der Waals surface area contributed by atoms with Crippen molar-refractivity contribution in [3.05, 3.63) is 12.7 Å². The molecule has 1 aromatic heterocycles. The lowest BCUT2D eigenvalue weighted by atomic mass is 10.1. The molecule has 9 heteroatoms. The van der Waals surface area contributed by atoms with Crippen LogP contribution in [0.15, 0.2) is 17.6 Å². The number of carbonyl (C=O) groups excluding carboxylic acids is 1. The normalized spacial score (nSPS) is 18.1. The van der Waals surface area contributed by atoms with Gasteiger partial charge in [-0.1, -0.05) is 0 Å². The van der Waals surface area contributed by atoms with Gasteiger partial charge < -0.3 is 24.8 Å². The number of rotatable bonds is 7. The fraction of sp³-hybridized carbons (Fsp3) is 0.789. The van der Waals surface area contributed by atoms with Crippen molar-refractivity contribution in [3.8, 4) is 0 Å². The molecular formula is C19H35N7O2. The van der Waals surface area contributed by atoms with Crippen LogP contribution in [-0.4, -0.2) is 69.5 Å². The van der Waals surface area contributed by atoms with E-state index in [1.54, 1.807) is 17.6 Å². The zero-order valence-electron chi connectivity index (χ0n) is 17.6. The predicted molar refractivity (Wildman–Crippen MR) is 109 cm³/mol. The van der Waals surface area contributed by atoms with Crippen LogP contribution in [0.2, 0.25) is 0 Å². The molecule has 1 aliphatic heterocycles. The maximum Gasteiger partial charge on any atom is 0.410 e. The number of piperidine rings is 1. The molecule has 0 aliphatic carbocycles. The minimum absolute atomic E-state index is 0.177. The lowest BCUT2D eigenvalue weighted by Gasteiger charge is -2.35.